The van der Waals surface area contributed by atoms with Crippen molar-refractivity contribution in [3.05, 3.63) is 11.5 Å². The predicted octanol–water partition coefficient (Wildman–Crippen LogP) is -6.10. The quantitative estimate of drug-likeness (QED) is 0.300. The first-order valence-corrected chi connectivity index (χ1v) is 1.40. The molecule has 0 aromatic carbocycles. The first-order chi connectivity index (χ1) is 2.30. The maximum Gasteiger partial charge on any atom is 1.00 e. The standard InChI is InChI=1S/C3H4O2.2Li.H2O/c4-2-1-3(2)5;;;/h4-5H,1H2;;;1H2/q;2*+1;. The van der Waals surface area contributed by atoms with Crippen LogP contribution in [-0.2, 0) is 0 Å². The molecule has 0 spiro atoms. The van der Waals surface area contributed by atoms with Gasteiger partial charge in [-0.25, -0.2) is 0 Å². The fourth-order valence-corrected chi connectivity index (χ4v) is 0.114. The zero-order valence-corrected chi connectivity index (χ0v) is 5.10. The molecule has 0 unspecified atom stereocenters. The van der Waals surface area contributed by atoms with Crippen LogP contribution in [0.3, 0.4) is 0 Å². The summed E-state index contributed by atoms with van der Waals surface area (Å²) in [6, 6.07) is 0. The Hall–Kier alpha value is 0.495. The molecule has 0 bridgehead atoms. The number of aliphatic hydroxyl groups excluding tert-OH is 2. The average molecular weight is 104 g/mol. The van der Waals surface area contributed by atoms with Gasteiger partial charge in [0, 0.05) is 0 Å². The van der Waals surface area contributed by atoms with E-state index in [0.717, 1.165) is 0 Å². The molecule has 0 heterocycles. The summed E-state index contributed by atoms with van der Waals surface area (Å²) in [5.74, 6) is 0.287. The molecule has 4 N–H and O–H groups in total. The molecule has 0 atom stereocenters. The van der Waals surface area contributed by atoms with Crippen LogP contribution in [0.2, 0.25) is 0 Å². The molecule has 0 fully saturated rings. The Morgan fingerprint density at radius 3 is 1.12 bits per heavy atom. The normalized spacial score (nSPS) is 12.5. The second kappa shape index (κ2) is 5.63. The van der Waals surface area contributed by atoms with Crippen LogP contribution in [0.5, 0.6) is 0 Å². The zero-order valence-electron chi connectivity index (χ0n) is 5.10. The van der Waals surface area contributed by atoms with Crippen LogP contribution in [-0.4, -0.2) is 15.7 Å². The summed E-state index contributed by atoms with van der Waals surface area (Å²) < 4.78 is 0. The minimum Gasteiger partial charge on any atom is -0.508 e. The second-order valence-corrected chi connectivity index (χ2v) is 1.07. The van der Waals surface area contributed by atoms with E-state index in [1.165, 1.54) is 0 Å². The monoisotopic (exact) mass is 104 g/mol. The summed E-state index contributed by atoms with van der Waals surface area (Å²) in [5, 5.41) is 16.1. The van der Waals surface area contributed by atoms with E-state index >= 15 is 0 Å². The molecule has 1 rings (SSSR count). The van der Waals surface area contributed by atoms with E-state index in [0.29, 0.717) is 6.42 Å². The van der Waals surface area contributed by atoms with Crippen molar-refractivity contribution in [3.63, 3.8) is 0 Å². The molecule has 0 saturated heterocycles. The van der Waals surface area contributed by atoms with E-state index in [1.54, 1.807) is 0 Å². The summed E-state index contributed by atoms with van der Waals surface area (Å²) in [6.07, 6.45) is 0.417. The van der Waals surface area contributed by atoms with E-state index in [-0.39, 0.29) is 54.7 Å². The van der Waals surface area contributed by atoms with Crippen LogP contribution >= 0.6 is 0 Å². The smallest absolute Gasteiger partial charge is 0.508 e. The molecule has 0 aliphatic heterocycles. The van der Waals surface area contributed by atoms with Gasteiger partial charge in [0.25, 0.3) is 0 Å². The minimum atomic E-state index is 0. The number of aliphatic hydroxyl groups is 2. The van der Waals surface area contributed by atoms with Crippen molar-refractivity contribution >= 4 is 0 Å². The largest absolute Gasteiger partial charge is 1.00 e. The Balaban J connectivity index is -0.0000000833. The molecule has 0 radical (unpaired) electrons. The van der Waals surface area contributed by atoms with Crippen molar-refractivity contribution in [3.8, 4) is 0 Å². The van der Waals surface area contributed by atoms with Crippen LogP contribution in [0.25, 0.3) is 0 Å². The fourth-order valence-electron chi connectivity index (χ4n) is 0.114. The Bertz CT molecular complexity index is 80.5. The predicted molar refractivity (Wildman–Crippen MR) is 20.5 cm³/mol. The van der Waals surface area contributed by atoms with Crippen molar-refractivity contribution in [1.82, 2.24) is 0 Å². The molecule has 1 aliphatic rings. The van der Waals surface area contributed by atoms with Crippen molar-refractivity contribution < 1.29 is 53.4 Å². The van der Waals surface area contributed by atoms with Gasteiger partial charge in [0.05, 0.1) is 6.42 Å². The van der Waals surface area contributed by atoms with E-state index in [1.807, 2.05) is 0 Å². The molecular formula is C3H6Li2O3+2. The van der Waals surface area contributed by atoms with Crippen LogP contribution < -0.4 is 37.7 Å². The summed E-state index contributed by atoms with van der Waals surface area (Å²) in [7, 11) is 0. The Kier molecular flexibility index (Phi) is 11.1. The molecule has 8 heavy (non-hydrogen) atoms. The van der Waals surface area contributed by atoms with E-state index < -0.39 is 0 Å². The summed E-state index contributed by atoms with van der Waals surface area (Å²) in [4.78, 5) is 0. The van der Waals surface area contributed by atoms with Gasteiger partial charge < -0.3 is 15.7 Å². The fraction of sp³-hybridized carbons (Fsp3) is 0.333. The molecular weight excluding hydrogens is 97.9 g/mol. The van der Waals surface area contributed by atoms with Crippen LogP contribution in [0.1, 0.15) is 6.42 Å². The zero-order chi connectivity index (χ0) is 3.86. The topological polar surface area (TPSA) is 72.0 Å². The van der Waals surface area contributed by atoms with Gasteiger partial charge in [-0.15, -0.1) is 0 Å². The molecule has 0 aromatic heterocycles. The molecule has 0 amide bonds. The maximum atomic E-state index is 8.06. The van der Waals surface area contributed by atoms with Gasteiger partial charge in [-0.2, -0.15) is 0 Å². The SMILES string of the molecule is O.OC1=C(O)C1.[Li+].[Li+]. The van der Waals surface area contributed by atoms with Gasteiger partial charge in [-0.1, -0.05) is 0 Å². The maximum absolute atomic E-state index is 8.06. The van der Waals surface area contributed by atoms with Crippen molar-refractivity contribution in [2.75, 3.05) is 0 Å². The van der Waals surface area contributed by atoms with Gasteiger partial charge in [-0.3, -0.25) is 0 Å². The number of rotatable bonds is 0. The summed E-state index contributed by atoms with van der Waals surface area (Å²) in [6.45, 7) is 0. The minimum absolute atomic E-state index is 0. The number of allylic oxidation sites excluding steroid dienone is 2. The van der Waals surface area contributed by atoms with Crippen LogP contribution in [0.4, 0.5) is 0 Å². The molecule has 1 aliphatic carbocycles. The van der Waals surface area contributed by atoms with Gasteiger partial charge in [-0.05, 0) is 0 Å². The van der Waals surface area contributed by atoms with E-state index in [4.69, 9.17) is 10.2 Å². The summed E-state index contributed by atoms with van der Waals surface area (Å²) in [5.41, 5.74) is 0. The Morgan fingerprint density at radius 2 is 1.12 bits per heavy atom. The average Bonchev–Trinajstić information content (AvgIpc) is 1.79. The van der Waals surface area contributed by atoms with Gasteiger partial charge in [0.15, 0.2) is 0 Å². The first kappa shape index (κ1) is 15.8. The summed E-state index contributed by atoms with van der Waals surface area (Å²) >= 11 is 0. The van der Waals surface area contributed by atoms with Gasteiger partial charge >= 0.3 is 37.7 Å². The molecule has 3 nitrogen and oxygen atoms in total. The third-order valence-electron chi connectivity index (χ3n) is 0.543. The number of hydrogen-bond acceptors (Lipinski definition) is 2. The molecule has 5 heteroatoms. The van der Waals surface area contributed by atoms with Crippen molar-refractivity contribution in [2.45, 2.75) is 6.42 Å². The molecule has 0 aromatic rings. The van der Waals surface area contributed by atoms with E-state index in [9.17, 15) is 0 Å². The Labute approximate surface area is 71.4 Å². The molecule has 0 saturated carbocycles. The Morgan fingerprint density at radius 1 is 1.00 bits per heavy atom. The molecule has 36 valence electrons. The van der Waals surface area contributed by atoms with Crippen molar-refractivity contribution in [1.29, 1.82) is 0 Å². The van der Waals surface area contributed by atoms with Gasteiger partial charge in [0.2, 0.25) is 0 Å². The van der Waals surface area contributed by atoms with E-state index in [2.05, 4.69) is 0 Å². The van der Waals surface area contributed by atoms with Gasteiger partial charge in [0.1, 0.15) is 11.5 Å². The van der Waals surface area contributed by atoms with Crippen LogP contribution in [0, 0.1) is 0 Å². The van der Waals surface area contributed by atoms with Crippen molar-refractivity contribution in [2.24, 2.45) is 0 Å². The number of hydrogen-bond donors (Lipinski definition) is 2. The third kappa shape index (κ3) is 4.65. The first-order valence-electron chi connectivity index (χ1n) is 1.40. The second-order valence-electron chi connectivity index (χ2n) is 1.07. The third-order valence-corrected chi connectivity index (χ3v) is 0.543. The van der Waals surface area contributed by atoms with Crippen LogP contribution in [0.15, 0.2) is 11.5 Å².